The van der Waals surface area contributed by atoms with Crippen molar-refractivity contribution in [2.45, 2.75) is 48.5 Å². The fourth-order valence-electron chi connectivity index (χ4n) is 1.77. The van der Waals surface area contributed by atoms with E-state index in [-0.39, 0.29) is 0 Å². The van der Waals surface area contributed by atoms with Gasteiger partial charge < -0.3 is 4.52 Å². The van der Waals surface area contributed by atoms with Gasteiger partial charge in [-0.2, -0.15) is 10.2 Å². The highest BCUT2D eigenvalue weighted by molar-refractivity contribution is 5.05. The van der Waals surface area contributed by atoms with Gasteiger partial charge in [0.15, 0.2) is 0 Å². The number of aryl methyl sites for hydroxylation is 7. The maximum Gasteiger partial charge on any atom is 0.133 e. The maximum atomic E-state index is 4.71. The van der Waals surface area contributed by atoms with Crippen LogP contribution in [0, 0.1) is 34.6 Å². The minimum absolute atomic E-state index is 0.873. The van der Waals surface area contributed by atoms with Crippen LogP contribution in [-0.2, 0) is 14.1 Å². The summed E-state index contributed by atoms with van der Waals surface area (Å²) >= 11 is 0. The molecule has 0 spiro atoms. The summed E-state index contributed by atoms with van der Waals surface area (Å²) in [5, 5.41) is 11.7. The van der Waals surface area contributed by atoms with Crippen LogP contribution >= 0.6 is 0 Å². The van der Waals surface area contributed by atoms with Crippen LogP contribution in [0.5, 0.6) is 0 Å². The standard InChI is InChI=1S/C6H10N2.C5H8N2.C5H7NO.C2H6/c1-5-4-6(2)8(3)7-5;1-5-3-6-7(2)4-5;1-4-3-5(2)7-6-4;1-2/h4H,1-3H3;3-4H,1-2H3;3H,1-2H3;1-2H3. The third-order valence-corrected chi connectivity index (χ3v) is 2.82. The normalized spacial score (nSPS) is 9.04. The van der Waals surface area contributed by atoms with Gasteiger partial charge in [0.2, 0.25) is 0 Å². The fourth-order valence-corrected chi connectivity index (χ4v) is 1.77. The first-order chi connectivity index (χ1) is 11.3. The molecular weight excluding hydrogens is 302 g/mol. The summed E-state index contributed by atoms with van der Waals surface area (Å²) in [7, 11) is 3.86. The topological polar surface area (TPSA) is 61.7 Å². The molecule has 0 saturated carbocycles. The Morgan fingerprint density at radius 2 is 1.54 bits per heavy atom. The zero-order chi connectivity index (χ0) is 18.7. The van der Waals surface area contributed by atoms with Gasteiger partial charge in [-0.1, -0.05) is 19.0 Å². The Hall–Kier alpha value is -2.37. The third-order valence-electron chi connectivity index (χ3n) is 2.82. The first-order valence-corrected chi connectivity index (χ1v) is 8.10. The zero-order valence-electron chi connectivity index (χ0n) is 16.5. The van der Waals surface area contributed by atoms with E-state index >= 15 is 0 Å². The highest BCUT2D eigenvalue weighted by atomic mass is 16.5. The third kappa shape index (κ3) is 8.92. The van der Waals surface area contributed by atoms with E-state index in [9.17, 15) is 0 Å². The molecule has 0 saturated heterocycles. The molecule has 3 heterocycles. The van der Waals surface area contributed by atoms with Crippen LogP contribution < -0.4 is 0 Å². The fraction of sp³-hybridized carbons (Fsp3) is 0.500. The highest BCUT2D eigenvalue weighted by Crippen LogP contribution is 1.97. The van der Waals surface area contributed by atoms with Crippen LogP contribution in [0.15, 0.2) is 29.0 Å². The minimum Gasteiger partial charge on any atom is -0.361 e. The molecule has 3 aromatic rings. The van der Waals surface area contributed by atoms with E-state index in [4.69, 9.17) is 4.52 Å². The monoisotopic (exact) mass is 333 g/mol. The zero-order valence-corrected chi connectivity index (χ0v) is 16.5. The summed E-state index contributed by atoms with van der Waals surface area (Å²) in [5.74, 6) is 0.873. The van der Waals surface area contributed by atoms with Crippen LogP contribution in [0.25, 0.3) is 0 Å². The molecule has 3 rings (SSSR count). The Morgan fingerprint density at radius 3 is 1.67 bits per heavy atom. The lowest BCUT2D eigenvalue weighted by molar-refractivity contribution is 0.393. The molecule has 0 radical (unpaired) electrons. The molecule has 0 unspecified atom stereocenters. The van der Waals surface area contributed by atoms with Crippen molar-refractivity contribution in [2.24, 2.45) is 14.1 Å². The molecule has 0 amide bonds. The van der Waals surface area contributed by atoms with E-state index < -0.39 is 0 Å². The molecule has 0 bridgehead atoms. The SMILES string of the molecule is CC.Cc1cc(C)n(C)n1.Cc1cc(C)on1.Cc1cnn(C)c1. The van der Waals surface area contributed by atoms with Crippen LogP contribution in [0.1, 0.15) is 42.3 Å². The van der Waals surface area contributed by atoms with Crippen molar-refractivity contribution in [3.8, 4) is 0 Å². The summed E-state index contributed by atoms with van der Waals surface area (Å²) in [6.45, 7) is 13.8. The molecule has 0 aromatic carbocycles. The van der Waals surface area contributed by atoms with Gasteiger partial charge in [0.1, 0.15) is 5.76 Å². The quantitative estimate of drug-likeness (QED) is 0.622. The lowest BCUT2D eigenvalue weighted by Crippen LogP contribution is -1.91. The second kappa shape index (κ2) is 11.2. The summed E-state index contributed by atoms with van der Waals surface area (Å²) in [6, 6.07) is 3.94. The average Bonchev–Trinajstić information content (AvgIpc) is 3.17. The van der Waals surface area contributed by atoms with E-state index in [0.29, 0.717) is 0 Å². The molecule has 0 aliphatic heterocycles. The molecule has 0 N–H and O–H groups in total. The van der Waals surface area contributed by atoms with Crippen molar-refractivity contribution in [3.05, 3.63) is 52.9 Å². The van der Waals surface area contributed by atoms with E-state index in [1.165, 1.54) is 11.3 Å². The maximum absolute atomic E-state index is 4.71. The van der Waals surface area contributed by atoms with E-state index in [0.717, 1.165) is 17.1 Å². The molecule has 0 fully saturated rings. The summed E-state index contributed by atoms with van der Waals surface area (Å²) in [4.78, 5) is 0. The van der Waals surface area contributed by atoms with Gasteiger partial charge >= 0.3 is 0 Å². The average molecular weight is 333 g/mol. The lowest BCUT2D eigenvalue weighted by atomic mass is 10.4. The van der Waals surface area contributed by atoms with Gasteiger partial charge in [-0.25, -0.2) is 0 Å². The predicted molar refractivity (Wildman–Crippen MR) is 98.0 cm³/mol. The summed E-state index contributed by atoms with van der Waals surface area (Å²) in [5.41, 5.74) is 4.45. The number of hydrogen-bond donors (Lipinski definition) is 0. The van der Waals surface area contributed by atoms with Crippen LogP contribution in [0.2, 0.25) is 0 Å². The molecular formula is C18H31N5O. The molecule has 0 atom stereocenters. The minimum atomic E-state index is 0.873. The molecule has 24 heavy (non-hydrogen) atoms. The van der Waals surface area contributed by atoms with Gasteiger partial charge in [-0.15, -0.1) is 0 Å². The second-order valence-corrected chi connectivity index (χ2v) is 5.32. The Balaban J connectivity index is 0.000000315. The van der Waals surface area contributed by atoms with Gasteiger partial charge in [-0.3, -0.25) is 9.36 Å². The summed E-state index contributed by atoms with van der Waals surface area (Å²) in [6.07, 6.45) is 3.81. The van der Waals surface area contributed by atoms with E-state index in [2.05, 4.69) is 21.4 Å². The predicted octanol–water partition coefficient (Wildman–Crippen LogP) is 4.08. The number of hydrogen-bond acceptors (Lipinski definition) is 4. The molecule has 0 aliphatic rings. The first-order valence-electron chi connectivity index (χ1n) is 8.10. The van der Waals surface area contributed by atoms with Crippen molar-refractivity contribution in [1.82, 2.24) is 24.7 Å². The van der Waals surface area contributed by atoms with Crippen LogP contribution in [-0.4, -0.2) is 24.7 Å². The van der Waals surface area contributed by atoms with Gasteiger partial charge in [-0.05, 0) is 46.2 Å². The van der Waals surface area contributed by atoms with Gasteiger partial charge in [0.05, 0.1) is 17.6 Å². The Bertz CT molecular complexity index is 603. The number of rotatable bonds is 0. The second-order valence-electron chi connectivity index (χ2n) is 5.32. The molecule has 0 aliphatic carbocycles. The van der Waals surface area contributed by atoms with E-state index in [1.807, 2.05) is 85.7 Å². The van der Waals surface area contributed by atoms with Crippen molar-refractivity contribution < 1.29 is 4.52 Å². The van der Waals surface area contributed by atoms with Crippen molar-refractivity contribution in [1.29, 1.82) is 0 Å². The smallest absolute Gasteiger partial charge is 0.133 e. The Morgan fingerprint density at radius 1 is 0.917 bits per heavy atom. The molecule has 6 nitrogen and oxygen atoms in total. The molecule has 134 valence electrons. The van der Waals surface area contributed by atoms with Crippen molar-refractivity contribution in [3.63, 3.8) is 0 Å². The van der Waals surface area contributed by atoms with Crippen LogP contribution in [0.3, 0.4) is 0 Å². The van der Waals surface area contributed by atoms with Crippen molar-refractivity contribution in [2.75, 3.05) is 0 Å². The van der Waals surface area contributed by atoms with E-state index in [1.54, 1.807) is 4.68 Å². The largest absolute Gasteiger partial charge is 0.361 e. The number of aromatic nitrogens is 5. The molecule has 3 aromatic heterocycles. The lowest BCUT2D eigenvalue weighted by Gasteiger charge is -1.87. The van der Waals surface area contributed by atoms with Crippen LogP contribution in [0.4, 0.5) is 0 Å². The Labute approximate surface area is 145 Å². The molecule has 6 heteroatoms. The first kappa shape index (κ1) is 21.6. The number of nitrogens with zero attached hydrogens (tertiary/aromatic N) is 5. The van der Waals surface area contributed by atoms with Gasteiger partial charge in [0.25, 0.3) is 0 Å². The highest BCUT2D eigenvalue weighted by Gasteiger charge is 1.91. The van der Waals surface area contributed by atoms with Crippen molar-refractivity contribution >= 4 is 0 Å². The summed E-state index contributed by atoms with van der Waals surface area (Å²) < 4.78 is 8.37. The van der Waals surface area contributed by atoms with Gasteiger partial charge in [0, 0.05) is 32.1 Å². The Kier molecular flexibility index (Phi) is 10.1.